The average Bonchev–Trinajstić information content (AvgIpc) is 1.94. The second-order valence-electron chi connectivity index (χ2n) is 1.94. The normalized spacial score (nSPS) is 10.6. The van der Waals surface area contributed by atoms with Gasteiger partial charge in [-0.05, 0) is 22.0 Å². The summed E-state index contributed by atoms with van der Waals surface area (Å²) in [5.74, 6) is 0. The zero-order valence-corrected chi connectivity index (χ0v) is 7.66. The van der Waals surface area contributed by atoms with Gasteiger partial charge in [-0.2, -0.15) is 0 Å². The molecular weight excluding hydrogens is 237 g/mol. The summed E-state index contributed by atoms with van der Waals surface area (Å²) in [6, 6.07) is 4.38. The summed E-state index contributed by atoms with van der Waals surface area (Å²) in [7, 11) is 0. The third kappa shape index (κ3) is 1.91. The average molecular weight is 241 g/mol. The van der Waals surface area contributed by atoms with Crippen molar-refractivity contribution in [2.75, 3.05) is 0 Å². The van der Waals surface area contributed by atoms with Gasteiger partial charge in [-0.25, -0.2) is 8.78 Å². The highest BCUT2D eigenvalue weighted by atomic mass is 79.9. The van der Waals surface area contributed by atoms with Crippen molar-refractivity contribution >= 4 is 27.5 Å². The minimum Gasteiger partial charge on any atom is -0.205 e. The Morgan fingerprint density at radius 2 is 2.00 bits per heavy atom. The lowest BCUT2D eigenvalue weighted by molar-refractivity contribution is 0.150. The van der Waals surface area contributed by atoms with Gasteiger partial charge in [-0.15, -0.1) is 0 Å². The molecule has 0 aromatic heterocycles. The molecule has 1 aromatic rings. The van der Waals surface area contributed by atoms with Gasteiger partial charge in [0.15, 0.2) is 0 Å². The Kier molecular flexibility index (Phi) is 2.84. The molecule has 1 aromatic carbocycles. The molecule has 11 heavy (non-hydrogen) atoms. The predicted molar refractivity (Wildman–Crippen MR) is 44.1 cm³/mol. The maximum absolute atomic E-state index is 12.1. The van der Waals surface area contributed by atoms with Crippen LogP contribution in [0.15, 0.2) is 22.7 Å². The fraction of sp³-hybridized carbons (Fsp3) is 0.143. The molecule has 0 heterocycles. The number of benzene rings is 1. The number of alkyl halides is 2. The highest BCUT2D eigenvalue weighted by Crippen LogP contribution is 2.32. The van der Waals surface area contributed by atoms with Crippen LogP contribution in [0.5, 0.6) is 0 Å². The van der Waals surface area contributed by atoms with E-state index in [2.05, 4.69) is 15.9 Å². The van der Waals surface area contributed by atoms with Crippen LogP contribution in [0.4, 0.5) is 8.78 Å². The monoisotopic (exact) mass is 240 g/mol. The van der Waals surface area contributed by atoms with E-state index < -0.39 is 6.43 Å². The second kappa shape index (κ2) is 3.50. The first-order chi connectivity index (χ1) is 5.13. The summed E-state index contributed by atoms with van der Waals surface area (Å²) in [6.45, 7) is 0. The van der Waals surface area contributed by atoms with Gasteiger partial charge in [-0.1, -0.05) is 23.7 Å². The van der Waals surface area contributed by atoms with Crippen molar-refractivity contribution < 1.29 is 8.78 Å². The van der Waals surface area contributed by atoms with Gasteiger partial charge in [0.1, 0.15) is 0 Å². The molecular formula is C7H4BrClF2. The van der Waals surface area contributed by atoms with Gasteiger partial charge in [-0.3, -0.25) is 0 Å². The van der Waals surface area contributed by atoms with Crippen LogP contribution in [0.25, 0.3) is 0 Å². The van der Waals surface area contributed by atoms with Gasteiger partial charge < -0.3 is 0 Å². The maximum atomic E-state index is 12.1. The SMILES string of the molecule is FC(F)c1cccc(Cl)c1Br. The van der Waals surface area contributed by atoms with E-state index in [0.717, 1.165) is 0 Å². The van der Waals surface area contributed by atoms with Crippen LogP contribution in [0.2, 0.25) is 5.02 Å². The molecule has 0 N–H and O–H groups in total. The Morgan fingerprint density at radius 3 is 2.45 bits per heavy atom. The van der Waals surface area contributed by atoms with Crippen molar-refractivity contribution in [3.8, 4) is 0 Å². The summed E-state index contributed by atoms with van der Waals surface area (Å²) >= 11 is 8.55. The Labute approximate surface area is 76.3 Å². The number of halogens is 4. The molecule has 0 fully saturated rings. The van der Waals surface area contributed by atoms with E-state index in [9.17, 15) is 8.78 Å². The van der Waals surface area contributed by atoms with E-state index >= 15 is 0 Å². The Balaban J connectivity index is 3.17. The Bertz CT molecular complexity index is 263. The highest BCUT2D eigenvalue weighted by Gasteiger charge is 2.12. The van der Waals surface area contributed by atoms with Gasteiger partial charge in [0.2, 0.25) is 0 Å². The molecule has 0 saturated heterocycles. The van der Waals surface area contributed by atoms with E-state index in [1.54, 1.807) is 6.07 Å². The Hall–Kier alpha value is -0.150. The molecule has 0 atom stereocenters. The molecule has 0 nitrogen and oxygen atoms in total. The quantitative estimate of drug-likeness (QED) is 0.696. The fourth-order valence-electron chi connectivity index (χ4n) is 0.689. The Morgan fingerprint density at radius 1 is 1.36 bits per heavy atom. The molecule has 0 unspecified atom stereocenters. The van der Waals surface area contributed by atoms with Crippen molar-refractivity contribution in [1.29, 1.82) is 0 Å². The smallest absolute Gasteiger partial charge is 0.205 e. The predicted octanol–water partition coefficient (Wildman–Crippen LogP) is 4.04. The van der Waals surface area contributed by atoms with Crippen molar-refractivity contribution in [2.45, 2.75) is 6.43 Å². The molecule has 0 aliphatic heterocycles. The van der Waals surface area contributed by atoms with Crippen LogP contribution in [0, 0.1) is 0 Å². The number of rotatable bonds is 1. The third-order valence-corrected chi connectivity index (χ3v) is 2.64. The standard InChI is InChI=1S/C7H4BrClF2/c8-6-4(7(10)11)2-1-3-5(6)9/h1-3,7H. The lowest BCUT2D eigenvalue weighted by Crippen LogP contribution is -1.85. The van der Waals surface area contributed by atoms with E-state index in [4.69, 9.17) is 11.6 Å². The molecule has 0 spiro atoms. The molecule has 4 heteroatoms. The summed E-state index contributed by atoms with van der Waals surface area (Å²) in [4.78, 5) is 0. The van der Waals surface area contributed by atoms with E-state index in [0.29, 0.717) is 5.02 Å². The van der Waals surface area contributed by atoms with Crippen LogP contribution in [-0.4, -0.2) is 0 Å². The van der Waals surface area contributed by atoms with Gasteiger partial charge in [0.25, 0.3) is 6.43 Å². The summed E-state index contributed by atoms with van der Waals surface area (Å²) in [6.07, 6.45) is -2.48. The van der Waals surface area contributed by atoms with Crippen molar-refractivity contribution in [2.24, 2.45) is 0 Å². The largest absolute Gasteiger partial charge is 0.264 e. The summed E-state index contributed by atoms with van der Waals surface area (Å²) < 4.78 is 24.5. The first-order valence-corrected chi connectivity index (χ1v) is 4.02. The van der Waals surface area contributed by atoms with Crippen LogP contribution < -0.4 is 0 Å². The highest BCUT2D eigenvalue weighted by molar-refractivity contribution is 9.10. The molecule has 0 aliphatic carbocycles. The first kappa shape index (κ1) is 8.94. The summed E-state index contributed by atoms with van der Waals surface area (Å²) in [5, 5.41) is 0.308. The van der Waals surface area contributed by atoms with Gasteiger partial charge >= 0.3 is 0 Å². The molecule has 1 rings (SSSR count). The zero-order chi connectivity index (χ0) is 8.43. The first-order valence-electron chi connectivity index (χ1n) is 2.85. The lowest BCUT2D eigenvalue weighted by Gasteiger charge is -2.02. The third-order valence-electron chi connectivity index (χ3n) is 1.22. The topological polar surface area (TPSA) is 0 Å². The summed E-state index contributed by atoms with van der Waals surface area (Å²) in [5.41, 5.74) is -0.0718. The minimum absolute atomic E-state index is 0.0718. The van der Waals surface area contributed by atoms with Crippen LogP contribution in [0.3, 0.4) is 0 Å². The molecule has 0 aliphatic rings. The van der Waals surface area contributed by atoms with Gasteiger partial charge in [0.05, 0.1) is 5.02 Å². The molecule has 0 bridgehead atoms. The van der Waals surface area contributed by atoms with Gasteiger partial charge in [0, 0.05) is 10.0 Å². The molecule has 60 valence electrons. The van der Waals surface area contributed by atoms with Crippen molar-refractivity contribution in [3.05, 3.63) is 33.3 Å². The number of hydrogen-bond acceptors (Lipinski definition) is 0. The molecule has 0 saturated carbocycles. The lowest BCUT2D eigenvalue weighted by atomic mass is 10.2. The maximum Gasteiger partial charge on any atom is 0.264 e. The van der Waals surface area contributed by atoms with Crippen LogP contribution >= 0.6 is 27.5 Å². The fourth-order valence-corrected chi connectivity index (χ4v) is 1.31. The molecule has 0 amide bonds. The van der Waals surface area contributed by atoms with Crippen molar-refractivity contribution in [1.82, 2.24) is 0 Å². The van der Waals surface area contributed by atoms with E-state index in [1.165, 1.54) is 12.1 Å². The number of hydrogen-bond donors (Lipinski definition) is 0. The molecule has 0 radical (unpaired) electrons. The van der Waals surface area contributed by atoms with Crippen LogP contribution in [-0.2, 0) is 0 Å². The minimum atomic E-state index is -2.48. The van der Waals surface area contributed by atoms with E-state index in [-0.39, 0.29) is 10.0 Å². The van der Waals surface area contributed by atoms with Crippen LogP contribution in [0.1, 0.15) is 12.0 Å². The van der Waals surface area contributed by atoms with E-state index in [1.807, 2.05) is 0 Å². The second-order valence-corrected chi connectivity index (χ2v) is 3.14. The zero-order valence-electron chi connectivity index (χ0n) is 5.32. The van der Waals surface area contributed by atoms with Crippen molar-refractivity contribution in [3.63, 3.8) is 0 Å².